The molecule has 2 heterocycles. The highest BCUT2D eigenvalue weighted by Gasteiger charge is 2.17. The SMILES string of the molecule is NCCN1CCn2c(Cl)cnc2C1. The van der Waals surface area contributed by atoms with Crippen molar-refractivity contribution in [3.8, 4) is 0 Å². The molecular weight excluding hydrogens is 188 g/mol. The Labute approximate surface area is 82.3 Å². The van der Waals surface area contributed by atoms with Crippen LogP contribution in [-0.4, -0.2) is 34.1 Å². The molecule has 13 heavy (non-hydrogen) atoms. The van der Waals surface area contributed by atoms with Gasteiger partial charge in [0.05, 0.1) is 12.7 Å². The van der Waals surface area contributed by atoms with Crippen molar-refractivity contribution in [2.75, 3.05) is 19.6 Å². The minimum Gasteiger partial charge on any atom is -0.329 e. The molecule has 4 nitrogen and oxygen atoms in total. The first kappa shape index (κ1) is 8.99. The fraction of sp³-hybridized carbons (Fsp3) is 0.625. The maximum absolute atomic E-state index is 5.94. The third kappa shape index (κ3) is 1.70. The zero-order valence-electron chi connectivity index (χ0n) is 7.41. The first-order valence-corrected chi connectivity index (χ1v) is 4.81. The van der Waals surface area contributed by atoms with Crippen LogP contribution < -0.4 is 5.73 Å². The molecule has 5 heteroatoms. The Morgan fingerprint density at radius 3 is 3.15 bits per heavy atom. The number of hydrogen-bond donors (Lipinski definition) is 1. The van der Waals surface area contributed by atoms with Crippen LogP contribution in [0.4, 0.5) is 0 Å². The van der Waals surface area contributed by atoms with Crippen LogP contribution >= 0.6 is 11.6 Å². The van der Waals surface area contributed by atoms with Crippen LogP contribution in [-0.2, 0) is 13.1 Å². The lowest BCUT2D eigenvalue weighted by molar-refractivity contribution is 0.223. The smallest absolute Gasteiger partial charge is 0.128 e. The second-order valence-electron chi connectivity index (χ2n) is 3.21. The predicted octanol–water partition coefficient (Wildman–Crippen LogP) is 0.311. The Bertz CT molecular complexity index is 296. The highest BCUT2D eigenvalue weighted by molar-refractivity contribution is 6.29. The van der Waals surface area contributed by atoms with Crippen molar-refractivity contribution in [2.45, 2.75) is 13.1 Å². The van der Waals surface area contributed by atoms with E-state index in [1.165, 1.54) is 0 Å². The lowest BCUT2D eigenvalue weighted by Gasteiger charge is -2.27. The van der Waals surface area contributed by atoms with Crippen LogP contribution in [0, 0.1) is 0 Å². The molecule has 1 aliphatic heterocycles. The highest BCUT2D eigenvalue weighted by atomic mass is 35.5. The Hall–Kier alpha value is -0.580. The van der Waals surface area contributed by atoms with Crippen LogP contribution in [0.2, 0.25) is 5.15 Å². The Morgan fingerprint density at radius 2 is 2.38 bits per heavy atom. The summed E-state index contributed by atoms with van der Waals surface area (Å²) < 4.78 is 2.05. The van der Waals surface area contributed by atoms with E-state index >= 15 is 0 Å². The van der Waals surface area contributed by atoms with Gasteiger partial charge in [0.2, 0.25) is 0 Å². The van der Waals surface area contributed by atoms with Crippen LogP contribution in [0.5, 0.6) is 0 Å². The van der Waals surface area contributed by atoms with Crippen molar-refractivity contribution < 1.29 is 0 Å². The van der Waals surface area contributed by atoms with Crippen molar-refractivity contribution in [1.82, 2.24) is 14.5 Å². The summed E-state index contributed by atoms with van der Waals surface area (Å²) in [6.45, 7) is 4.44. The van der Waals surface area contributed by atoms with E-state index < -0.39 is 0 Å². The first-order valence-electron chi connectivity index (χ1n) is 4.43. The Morgan fingerprint density at radius 1 is 1.54 bits per heavy atom. The quantitative estimate of drug-likeness (QED) is 0.748. The summed E-state index contributed by atoms with van der Waals surface area (Å²) in [6, 6.07) is 0. The minimum atomic E-state index is 0.703. The molecule has 0 amide bonds. The molecule has 0 spiro atoms. The molecule has 0 saturated heterocycles. The number of nitrogens with zero attached hydrogens (tertiary/aromatic N) is 3. The van der Waals surface area contributed by atoms with E-state index in [-0.39, 0.29) is 0 Å². The van der Waals surface area contributed by atoms with Gasteiger partial charge in [-0.25, -0.2) is 4.98 Å². The van der Waals surface area contributed by atoms with Crippen LogP contribution in [0.1, 0.15) is 5.82 Å². The van der Waals surface area contributed by atoms with Crippen molar-refractivity contribution >= 4 is 11.6 Å². The van der Waals surface area contributed by atoms with Gasteiger partial charge in [-0.2, -0.15) is 0 Å². The monoisotopic (exact) mass is 200 g/mol. The summed E-state index contributed by atoms with van der Waals surface area (Å²) in [5, 5.41) is 0.738. The number of halogens is 1. The molecule has 0 saturated carbocycles. The maximum Gasteiger partial charge on any atom is 0.128 e. The minimum absolute atomic E-state index is 0.703. The molecule has 0 fully saturated rings. The van der Waals surface area contributed by atoms with Gasteiger partial charge in [0.25, 0.3) is 0 Å². The standard InChI is InChI=1S/C8H13ClN4/c9-7-5-11-8-6-12(2-1-10)3-4-13(7)8/h5H,1-4,6,10H2. The zero-order chi connectivity index (χ0) is 9.26. The molecule has 0 unspecified atom stereocenters. The molecule has 2 rings (SSSR count). The number of fused-ring (bicyclic) bond motifs is 1. The molecule has 1 aliphatic rings. The molecule has 2 N–H and O–H groups in total. The van der Waals surface area contributed by atoms with Gasteiger partial charge < -0.3 is 10.3 Å². The zero-order valence-corrected chi connectivity index (χ0v) is 8.17. The van der Waals surface area contributed by atoms with Crippen molar-refractivity contribution in [3.63, 3.8) is 0 Å². The van der Waals surface area contributed by atoms with Crippen molar-refractivity contribution in [1.29, 1.82) is 0 Å². The normalized spacial score (nSPS) is 17.4. The van der Waals surface area contributed by atoms with E-state index in [4.69, 9.17) is 17.3 Å². The van der Waals surface area contributed by atoms with Gasteiger partial charge in [0.1, 0.15) is 11.0 Å². The molecule has 1 aromatic rings. The highest BCUT2D eigenvalue weighted by Crippen LogP contribution is 2.16. The molecular formula is C8H13ClN4. The number of nitrogens with two attached hydrogens (primary N) is 1. The van der Waals surface area contributed by atoms with Gasteiger partial charge in [-0.05, 0) is 0 Å². The second kappa shape index (κ2) is 3.65. The molecule has 0 aliphatic carbocycles. The van der Waals surface area contributed by atoms with E-state index in [9.17, 15) is 0 Å². The summed E-state index contributed by atoms with van der Waals surface area (Å²) in [4.78, 5) is 6.53. The van der Waals surface area contributed by atoms with Crippen molar-refractivity contribution in [3.05, 3.63) is 17.2 Å². The van der Waals surface area contributed by atoms with Gasteiger partial charge in [0.15, 0.2) is 0 Å². The van der Waals surface area contributed by atoms with E-state index in [0.29, 0.717) is 6.54 Å². The molecule has 0 aromatic carbocycles. The van der Waals surface area contributed by atoms with Crippen LogP contribution in [0.15, 0.2) is 6.20 Å². The average molecular weight is 201 g/mol. The van der Waals surface area contributed by atoms with E-state index in [0.717, 1.165) is 37.2 Å². The number of imidazole rings is 1. The fourth-order valence-electron chi connectivity index (χ4n) is 1.65. The van der Waals surface area contributed by atoms with Gasteiger partial charge >= 0.3 is 0 Å². The second-order valence-corrected chi connectivity index (χ2v) is 3.60. The summed E-state index contributed by atoms with van der Waals surface area (Å²) in [6.07, 6.45) is 1.71. The summed E-state index contributed by atoms with van der Waals surface area (Å²) in [5.41, 5.74) is 5.49. The van der Waals surface area contributed by atoms with Crippen LogP contribution in [0.25, 0.3) is 0 Å². The Balaban J connectivity index is 2.11. The maximum atomic E-state index is 5.94. The van der Waals surface area contributed by atoms with E-state index in [1.807, 2.05) is 0 Å². The van der Waals surface area contributed by atoms with Gasteiger partial charge in [0, 0.05) is 26.2 Å². The molecule has 0 bridgehead atoms. The third-order valence-corrected chi connectivity index (χ3v) is 2.64. The predicted molar refractivity (Wildman–Crippen MR) is 51.6 cm³/mol. The summed E-state index contributed by atoms with van der Waals surface area (Å²) >= 11 is 5.94. The van der Waals surface area contributed by atoms with Gasteiger partial charge in [-0.15, -0.1) is 0 Å². The first-order chi connectivity index (χ1) is 6.31. The third-order valence-electron chi connectivity index (χ3n) is 2.34. The topological polar surface area (TPSA) is 47.1 Å². The van der Waals surface area contributed by atoms with Gasteiger partial charge in [-0.1, -0.05) is 11.6 Å². The molecule has 72 valence electrons. The van der Waals surface area contributed by atoms with E-state index in [2.05, 4.69) is 14.5 Å². The fourth-order valence-corrected chi connectivity index (χ4v) is 1.88. The van der Waals surface area contributed by atoms with E-state index in [1.54, 1.807) is 6.20 Å². The van der Waals surface area contributed by atoms with Crippen LogP contribution in [0.3, 0.4) is 0 Å². The van der Waals surface area contributed by atoms with Gasteiger partial charge in [-0.3, -0.25) is 4.90 Å². The lowest BCUT2D eigenvalue weighted by atomic mass is 10.3. The largest absolute Gasteiger partial charge is 0.329 e. The lowest BCUT2D eigenvalue weighted by Crippen LogP contribution is -2.37. The summed E-state index contributed by atoms with van der Waals surface area (Å²) in [7, 11) is 0. The molecule has 0 radical (unpaired) electrons. The molecule has 0 atom stereocenters. The number of aromatic nitrogens is 2. The Kier molecular flexibility index (Phi) is 2.53. The summed E-state index contributed by atoms with van der Waals surface area (Å²) in [5.74, 6) is 1.05. The van der Waals surface area contributed by atoms with Crippen molar-refractivity contribution in [2.24, 2.45) is 5.73 Å². The number of hydrogen-bond acceptors (Lipinski definition) is 3. The average Bonchev–Trinajstić information content (AvgIpc) is 2.48. The number of rotatable bonds is 2. The molecule has 1 aromatic heterocycles.